The summed E-state index contributed by atoms with van der Waals surface area (Å²) in [6, 6.07) is 0.217. The Kier molecular flexibility index (Phi) is 6.09. The predicted octanol–water partition coefficient (Wildman–Crippen LogP) is 1.63. The minimum Gasteiger partial charge on any atom is -0.380 e. The van der Waals surface area contributed by atoms with Gasteiger partial charge in [0.25, 0.3) is 0 Å². The Labute approximate surface area is 111 Å². The molecule has 1 aliphatic rings. The number of methoxy groups -OCH3 is 1. The van der Waals surface area contributed by atoms with Gasteiger partial charge in [0.05, 0.1) is 6.10 Å². The zero-order chi connectivity index (χ0) is 13.7. The van der Waals surface area contributed by atoms with Crippen LogP contribution >= 0.6 is 0 Å². The third-order valence-corrected chi connectivity index (χ3v) is 4.04. The Morgan fingerprint density at radius 2 is 2.06 bits per heavy atom. The Hall–Kier alpha value is -0.610. The summed E-state index contributed by atoms with van der Waals surface area (Å²) in [7, 11) is 1.69. The maximum Gasteiger partial charge on any atom is 0.226 e. The molecule has 1 amide bonds. The molecule has 0 saturated heterocycles. The summed E-state index contributed by atoms with van der Waals surface area (Å²) < 4.78 is 5.28. The van der Waals surface area contributed by atoms with Crippen molar-refractivity contribution in [1.82, 2.24) is 4.90 Å². The highest BCUT2D eigenvalue weighted by atomic mass is 16.5. The van der Waals surface area contributed by atoms with E-state index in [4.69, 9.17) is 10.5 Å². The van der Waals surface area contributed by atoms with Gasteiger partial charge in [0.1, 0.15) is 0 Å². The van der Waals surface area contributed by atoms with E-state index in [1.54, 1.807) is 7.11 Å². The van der Waals surface area contributed by atoms with Crippen LogP contribution in [0.4, 0.5) is 0 Å². The first kappa shape index (κ1) is 15.4. The highest BCUT2D eigenvalue weighted by Crippen LogP contribution is 2.32. The van der Waals surface area contributed by atoms with E-state index in [9.17, 15) is 4.79 Å². The molecule has 0 aliphatic heterocycles. The molecule has 0 bridgehead atoms. The third-order valence-electron chi connectivity index (χ3n) is 4.04. The summed E-state index contributed by atoms with van der Waals surface area (Å²) in [6.45, 7) is 7.42. The molecule has 1 rings (SSSR count). The highest BCUT2D eigenvalue weighted by molar-refractivity contribution is 5.79. The quantitative estimate of drug-likeness (QED) is 0.786. The molecule has 1 saturated carbocycles. The standard InChI is InChI=1S/C14H28N2O2/c1-10(2)16(9-11(3)18-4)14(17)13-7-5-6-12(13)8-15/h10-13H,5-9,15H2,1-4H3/t11?,12-,13-/m1/s1. The summed E-state index contributed by atoms with van der Waals surface area (Å²) in [5.41, 5.74) is 5.77. The van der Waals surface area contributed by atoms with Gasteiger partial charge in [-0.25, -0.2) is 0 Å². The van der Waals surface area contributed by atoms with Crippen LogP contribution in [0, 0.1) is 11.8 Å². The largest absolute Gasteiger partial charge is 0.380 e. The lowest BCUT2D eigenvalue weighted by Gasteiger charge is -2.33. The number of rotatable bonds is 6. The molecule has 4 heteroatoms. The molecule has 0 aromatic heterocycles. The average molecular weight is 256 g/mol. The normalized spacial score (nSPS) is 25.4. The van der Waals surface area contributed by atoms with Crippen molar-refractivity contribution in [3.63, 3.8) is 0 Å². The van der Waals surface area contributed by atoms with Crippen LogP contribution in [0.5, 0.6) is 0 Å². The van der Waals surface area contributed by atoms with Gasteiger partial charge in [-0.3, -0.25) is 4.79 Å². The SMILES string of the molecule is COC(C)CN(C(=O)[C@@H]1CCC[C@@H]1CN)C(C)C. The van der Waals surface area contributed by atoms with Crippen LogP contribution in [0.3, 0.4) is 0 Å². The summed E-state index contributed by atoms with van der Waals surface area (Å²) >= 11 is 0. The van der Waals surface area contributed by atoms with E-state index in [1.165, 1.54) is 0 Å². The molecular formula is C14H28N2O2. The summed E-state index contributed by atoms with van der Waals surface area (Å²) in [6.07, 6.45) is 3.29. The van der Waals surface area contributed by atoms with Gasteiger partial charge >= 0.3 is 0 Å². The number of ether oxygens (including phenoxy) is 1. The highest BCUT2D eigenvalue weighted by Gasteiger charge is 2.35. The summed E-state index contributed by atoms with van der Waals surface area (Å²) in [5, 5.41) is 0. The van der Waals surface area contributed by atoms with Gasteiger partial charge in [-0.1, -0.05) is 6.42 Å². The Morgan fingerprint density at radius 1 is 1.39 bits per heavy atom. The molecule has 0 radical (unpaired) electrons. The van der Waals surface area contributed by atoms with Crippen molar-refractivity contribution in [3.8, 4) is 0 Å². The van der Waals surface area contributed by atoms with Gasteiger partial charge in [0.15, 0.2) is 0 Å². The molecular weight excluding hydrogens is 228 g/mol. The lowest BCUT2D eigenvalue weighted by atomic mass is 9.94. The lowest BCUT2D eigenvalue weighted by molar-refractivity contribution is -0.140. The van der Waals surface area contributed by atoms with E-state index < -0.39 is 0 Å². The van der Waals surface area contributed by atoms with Gasteiger partial charge in [0, 0.05) is 25.6 Å². The zero-order valence-electron chi connectivity index (χ0n) is 12.2. The van der Waals surface area contributed by atoms with Crippen LogP contribution in [0.25, 0.3) is 0 Å². The van der Waals surface area contributed by atoms with Crippen LogP contribution in [0.1, 0.15) is 40.0 Å². The van der Waals surface area contributed by atoms with Crippen LogP contribution in [0.15, 0.2) is 0 Å². The molecule has 0 spiro atoms. The minimum atomic E-state index is 0.0779. The summed E-state index contributed by atoms with van der Waals surface area (Å²) in [4.78, 5) is 14.6. The molecule has 0 heterocycles. The fourth-order valence-electron chi connectivity index (χ4n) is 2.76. The van der Waals surface area contributed by atoms with E-state index in [1.807, 2.05) is 11.8 Å². The van der Waals surface area contributed by atoms with Crippen LogP contribution in [-0.4, -0.2) is 43.2 Å². The Bertz CT molecular complexity index is 269. The first-order valence-electron chi connectivity index (χ1n) is 7.04. The van der Waals surface area contributed by atoms with E-state index >= 15 is 0 Å². The minimum absolute atomic E-state index is 0.0779. The molecule has 1 aliphatic carbocycles. The first-order chi connectivity index (χ1) is 8.51. The number of carbonyl (C=O) groups is 1. The lowest BCUT2D eigenvalue weighted by Crippen LogP contribution is -2.46. The fourth-order valence-corrected chi connectivity index (χ4v) is 2.76. The molecule has 18 heavy (non-hydrogen) atoms. The number of nitrogens with zero attached hydrogens (tertiary/aromatic N) is 1. The average Bonchev–Trinajstić information content (AvgIpc) is 2.82. The molecule has 3 atom stereocenters. The maximum atomic E-state index is 12.6. The number of nitrogens with two attached hydrogens (primary N) is 1. The first-order valence-corrected chi connectivity index (χ1v) is 7.04. The topological polar surface area (TPSA) is 55.6 Å². The van der Waals surface area contributed by atoms with Crippen LogP contribution in [-0.2, 0) is 9.53 Å². The number of hydrogen-bond donors (Lipinski definition) is 1. The van der Waals surface area contributed by atoms with Crippen molar-refractivity contribution >= 4 is 5.91 Å². The zero-order valence-corrected chi connectivity index (χ0v) is 12.2. The molecule has 1 unspecified atom stereocenters. The monoisotopic (exact) mass is 256 g/mol. The second-order valence-corrected chi connectivity index (χ2v) is 5.66. The van der Waals surface area contributed by atoms with Crippen molar-refractivity contribution in [2.24, 2.45) is 17.6 Å². The molecule has 4 nitrogen and oxygen atoms in total. The molecule has 0 aromatic rings. The molecule has 2 N–H and O–H groups in total. The van der Waals surface area contributed by atoms with Gasteiger partial charge in [0.2, 0.25) is 5.91 Å². The predicted molar refractivity (Wildman–Crippen MR) is 73.2 cm³/mol. The van der Waals surface area contributed by atoms with Crippen LogP contribution < -0.4 is 5.73 Å². The Morgan fingerprint density at radius 3 is 2.56 bits per heavy atom. The van der Waals surface area contributed by atoms with Gasteiger partial charge < -0.3 is 15.4 Å². The van der Waals surface area contributed by atoms with E-state index in [2.05, 4.69) is 13.8 Å². The van der Waals surface area contributed by atoms with Crippen molar-refractivity contribution in [1.29, 1.82) is 0 Å². The van der Waals surface area contributed by atoms with Crippen molar-refractivity contribution in [3.05, 3.63) is 0 Å². The van der Waals surface area contributed by atoms with Crippen molar-refractivity contribution in [2.75, 3.05) is 20.2 Å². The molecule has 106 valence electrons. The van der Waals surface area contributed by atoms with Gasteiger partial charge in [-0.2, -0.15) is 0 Å². The van der Waals surface area contributed by atoms with E-state index in [-0.39, 0.29) is 24.0 Å². The van der Waals surface area contributed by atoms with Gasteiger partial charge in [-0.15, -0.1) is 0 Å². The second kappa shape index (κ2) is 7.10. The van der Waals surface area contributed by atoms with E-state index in [0.717, 1.165) is 19.3 Å². The summed E-state index contributed by atoms with van der Waals surface area (Å²) in [5.74, 6) is 0.764. The van der Waals surface area contributed by atoms with Gasteiger partial charge in [-0.05, 0) is 46.1 Å². The Balaban J connectivity index is 2.70. The fraction of sp³-hybridized carbons (Fsp3) is 0.929. The van der Waals surface area contributed by atoms with Crippen molar-refractivity contribution in [2.45, 2.75) is 52.2 Å². The molecule has 0 aromatic carbocycles. The number of hydrogen-bond acceptors (Lipinski definition) is 3. The van der Waals surface area contributed by atoms with Crippen LogP contribution in [0.2, 0.25) is 0 Å². The second-order valence-electron chi connectivity index (χ2n) is 5.66. The number of amides is 1. The van der Waals surface area contributed by atoms with Crippen molar-refractivity contribution < 1.29 is 9.53 Å². The number of carbonyl (C=O) groups excluding carboxylic acids is 1. The molecule has 1 fully saturated rings. The smallest absolute Gasteiger partial charge is 0.226 e. The maximum absolute atomic E-state index is 12.6. The third kappa shape index (κ3) is 3.69. The van der Waals surface area contributed by atoms with E-state index in [0.29, 0.717) is 19.0 Å².